The third-order valence-electron chi connectivity index (χ3n) is 4.85. The first-order valence-electron chi connectivity index (χ1n) is 9.34. The summed E-state index contributed by atoms with van der Waals surface area (Å²) in [6.07, 6.45) is 3.25. The van der Waals surface area contributed by atoms with E-state index in [1.165, 1.54) is 0 Å². The molecule has 1 N–H and O–H groups in total. The minimum Gasteiger partial charge on any atom is -0.453 e. The van der Waals surface area contributed by atoms with E-state index in [0.717, 1.165) is 24.2 Å². The van der Waals surface area contributed by atoms with Crippen LogP contribution in [0.1, 0.15) is 47.0 Å². The molecular weight excluding hydrogens is 348 g/mol. The molecule has 8 heteroatoms. The highest BCUT2D eigenvalue weighted by molar-refractivity contribution is 5.91. The molecule has 1 fully saturated rings. The summed E-state index contributed by atoms with van der Waals surface area (Å²) in [4.78, 5) is 26.3. The average molecular weight is 372 g/mol. The van der Waals surface area contributed by atoms with Crippen molar-refractivity contribution in [2.45, 2.75) is 51.4 Å². The molecule has 27 heavy (non-hydrogen) atoms. The number of furan rings is 1. The van der Waals surface area contributed by atoms with E-state index in [1.54, 1.807) is 24.1 Å². The largest absolute Gasteiger partial charge is 0.453 e. The number of hydrogen-bond acceptors (Lipinski definition) is 5. The summed E-state index contributed by atoms with van der Waals surface area (Å²) >= 11 is 0. The van der Waals surface area contributed by atoms with Gasteiger partial charge in [-0.2, -0.15) is 5.10 Å². The van der Waals surface area contributed by atoms with Crippen LogP contribution in [0.15, 0.2) is 22.6 Å². The summed E-state index contributed by atoms with van der Waals surface area (Å²) in [6, 6.07) is 5.82. The number of amides is 2. The average Bonchev–Trinajstić information content (AvgIpc) is 3.19. The van der Waals surface area contributed by atoms with Crippen molar-refractivity contribution >= 4 is 11.8 Å². The molecule has 1 aliphatic carbocycles. The van der Waals surface area contributed by atoms with E-state index in [0.29, 0.717) is 56.6 Å². The fourth-order valence-corrected chi connectivity index (χ4v) is 3.26. The van der Waals surface area contributed by atoms with Gasteiger partial charge >= 0.3 is 0 Å². The second kappa shape index (κ2) is 7.56. The summed E-state index contributed by atoms with van der Waals surface area (Å²) < 4.78 is 12.5. The summed E-state index contributed by atoms with van der Waals surface area (Å²) in [5.41, 5.74) is 1.88. The van der Waals surface area contributed by atoms with Crippen LogP contribution in [0.3, 0.4) is 0 Å². The van der Waals surface area contributed by atoms with Crippen molar-refractivity contribution < 1.29 is 18.7 Å². The summed E-state index contributed by atoms with van der Waals surface area (Å²) in [5, 5.41) is 7.56. The Labute approximate surface area is 157 Å². The molecule has 0 saturated heterocycles. The zero-order chi connectivity index (χ0) is 18.8. The molecule has 4 rings (SSSR count). The van der Waals surface area contributed by atoms with Gasteiger partial charge in [0, 0.05) is 32.5 Å². The SMILES string of the molecule is COCc1ccc(C(=O)N2CCn3nc(CCC(=O)NC4CC4)cc3C2)o1. The molecule has 1 aliphatic heterocycles. The van der Waals surface area contributed by atoms with E-state index in [9.17, 15) is 9.59 Å². The number of rotatable bonds is 7. The minimum atomic E-state index is -0.129. The molecule has 1 saturated carbocycles. The molecule has 0 atom stereocenters. The van der Waals surface area contributed by atoms with Gasteiger partial charge < -0.3 is 19.4 Å². The maximum absolute atomic E-state index is 12.7. The summed E-state index contributed by atoms with van der Waals surface area (Å²) in [6.45, 7) is 2.05. The molecule has 3 heterocycles. The number of aromatic nitrogens is 2. The van der Waals surface area contributed by atoms with E-state index >= 15 is 0 Å². The highest BCUT2D eigenvalue weighted by Crippen LogP contribution is 2.20. The van der Waals surface area contributed by atoms with Crippen LogP contribution < -0.4 is 5.32 Å². The van der Waals surface area contributed by atoms with Gasteiger partial charge in [-0.1, -0.05) is 0 Å². The molecule has 2 aromatic heterocycles. The number of carbonyl (C=O) groups is 2. The Morgan fingerprint density at radius 2 is 2.19 bits per heavy atom. The highest BCUT2D eigenvalue weighted by Gasteiger charge is 2.26. The van der Waals surface area contributed by atoms with Gasteiger partial charge in [0.2, 0.25) is 5.91 Å². The monoisotopic (exact) mass is 372 g/mol. The second-order valence-corrected chi connectivity index (χ2v) is 7.12. The van der Waals surface area contributed by atoms with E-state index in [4.69, 9.17) is 9.15 Å². The number of methoxy groups -OCH3 is 1. The van der Waals surface area contributed by atoms with Gasteiger partial charge in [0.05, 0.1) is 24.5 Å². The van der Waals surface area contributed by atoms with Crippen molar-refractivity contribution in [1.29, 1.82) is 0 Å². The maximum atomic E-state index is 12.7. The lowest BCUT2D eigenvalue weighted by molar-refractivity contribution is -0.121. The maximum Gasteiger partial charge on any atom is 0.289 e. The molecule has 0 radical (unpaired) electrons. The van der Waals surface area contributed by atoms with Crippen LogP contribution in [-0.2, 0) is 35.6 Å². The smallest absolute Gasteiger partial charge is 0.289 e. The number of ether oxygens (including phenoxy) is 1. The van der Waals surface area contributed by atoms with Gasteiger partial charge in [-0.15, -0.1) is 0 Å². The number of carbonyl (C=O) groups excluding carboxylic acids is 2. The lowest BCUT2D eigenvalue weighted by atomic mass is 10.2. The van der Waals surface area contributed by atoms with Crippen LogP contribution in [0.2, 0.25) is 0 Å². The minimum absolute atomic E-state index is 0.0879. The fraction of sp³-hybridized carbons (Fsp3) is 0.526. The zero-order valence-corrected chi connectivity index (χ0v) is 15.4. The first kappa shape index (κ1) is 17.8. The summed E-state index contributed by atoms with van der Waals surface area (Å²) in [5.74, 6) is 0.918. The van der Waals surface area contributed by atoms with Crippen LogP contribution in [-0.4, -0.2) is 46.2 Å². The molecule has 0 aromatic carbocycles. The molecule has 2 amide bonds. The molecule has 0 spiro atoms. The predicted octanol–water partition coefficient (Wildman–Crippen LogP) is 1.49. The third-order valence-corrected chi connectivity index (χ3v) is 4.85. The van der Waals surface area contributed by atoms with E-state index in [-0.39, 0.29) is 11.8 Å². The molecular formula is C19H24N4O4. The highest BCUT2D eigenvalue weighted by atomic mass is 16.5. The Bertz CT molecular complexity index is 837. The summed E-state index contributed by atoms with van der Waals surface area (Å²) in [7, 11) is 1.59. The topological polar surface area (TPSA) is 89.6 Å². The molecule has 144 valence electrons. The van der Waals surface area contributed by atoms with Crippen molar-refractivity contribution in [2.75, 3.05) is 13.7 Å². The number of aryl methyl sites for hydroxylation is 1. The standard InChI is InChI=1S/C19H24N4O4/c1-26-12-16-5-6-17(27-16)19(25)22-8-9-23-15(11-22)10-14(21-23)4-7-18(24)20-13-2-3-13/h5-6,10,13H,2-4,7-9,11-12H2,1H3,(H,20,24). The fourth-order valence-electron chi connectivity index (χ4n) is 3.26. The zero-order valence-electron chi connectivity index (χ0n) is 15.4. The van der Waals surface area contributed by atoms with Crippen molar-refractivity contribution in [1.82, 2.24) is 20.0 Å². The Morgan fingerprint density at radius 3 is 2.96 bits per heavy atom. The van der Waals surface area contributed by atoms with Crippen LogP contribution >= 0.6 is 0 Å². The predicted molar refractivity (Wildman–Crippen MR) is 95.9 cm³/mol. The number of fused-ring (bicyclic) bond motifs is 1. The van der Waals surface area contributed by atoms with Gasteiger partial charge in [-0.25, -0.2) is 0 Å². The molecule has 0 unspecified atom stereocenters. The Hall–Kier alpha value is -2.61. The van der Waals surface area contributed by atoms with Gasteiger partial charge in [0.25, 0.3) is 5.91 Å². The van der Waals surface area contributed by atoms with Crippen molar-refractivity contribution in [3.05, 3.63) is 41.1 Å². The Balaban J connectivity index is 1.35. The lowest BCUT2D eigenvalue weighted by Gasteiger charge is -2.26. The van der Waals surface area contributed by atoms with Crippen LogP contribution in [0.5, 0.6) is 0 Å². The van der Waals surface area contributed by atoms with E-state index < -0.39 is 0 Å². The lowest BCUT2D eigenvalue weighted by Crippen LogP contribution is -2.38. The van der Waals surface area contributed by atoms with Crippen molar-refractivity contribution in [3.8, 4) is 0 Å². The Morgan fingerprint density at radius 1 is 1.33 bits per heavy atom. The number of hydrogen-bond donors (Lipinski definition) is 1. The van der Waals surface area contributed by atoms with Gasteiger partial charge in [-0.3, -0.25) is 14.3 Å². The van der Waals surface area contributed by atoms with E-state index in [1.807, 2.05) is 10.7 Å². The molecule has 8 nitrogen and oxygen atoms in total. The Kier molecular flexibility index (Phi) is 4.98. The molecule has 2 aliphatic rings. The van der Waals surface area contributed by atoms with Crippen LogP contribution in [0.4, 0.5) is 0 Å². The normalized spacial score (nSPS) is 16.3. The second-order valence-electron chi connectivity index (χ2n) is 7.12. The van der Waals surface area contributed by atoms with Gasteiger partial charge in [-0.05, 0) is 31.0 Å². The van der Waals surface area contributed by atoms with Crippen molar-refractivity contribution in [2.24, 2.45) is 0 Å². The molecule has 2 aromatic rings. The quantitative estimate of drug-likeness (QED) is 0.795. The van der Waals surface area contributed by atoms with Crippen molar-refractivity contribution in [3.63, 3.8) is 0 Å². The van der Waals surface area contributed by atoms with Crippen LogP contribution in [0, 0.1) is 0 Å². The van der Waals surface area contributed by atoms with E-state index in [2.05, 4.69) is 10.4 Å². The van der Waals surface area contributed by atoms with Gasteiger partial charge in [0.15, 0.2) is 5.76 Å². The number of nitrogens with zero attached hydrogens (tertiary/aromatic N) is 3. The third kappa shape index (κ3) is 4.21. The molecule has 0 bridgehead atoms. The number of nitrogens with one attached hydrogen (secondary N) is 1. The first-order valence-corrected chi connectivity index (χ1v) is 9.34. The van der Waals surface area contributed by atoms with Crippen LogP contribution in [0.25, 0.3) is 0 Å². The first-order chi connectivity index (χ1) is 13.1. The van der Waals surface area contributed by atoms with Gasteiger partial charge in [0.1, 0.15) is 12.4 Å².